The SMILES string of the molecule is CC(C)C[C@@H](C(=O)O)N1C(=O)N2CCc3c([nH]c4ccccc34)[C@]2(C)C1=O. The normalized spacial score (nSPS) is 23.1. The molecule has 142 valence electrons. The maximum atomic E-state index is 13.4. The molecule has 7 nitrogen and oxygen atoms in total. The van der Waals surface area contributed by atoms with E-state index < -0.39 is 29.5 Å². The Bertz CT molecular complexity index is 963. The first-order chi connectivity index (χ1) is 12.8. The van der Waals surface area contributed by atoms with E-state index in [1.54, 1.807) is 6.92 Å². The van der Waals surface area contributed by atoms with Crippen LogP contribution in [0.5, 0.6) is 0 Å². The number of nitrogens with one attached hydrogen (secondary N) is 1. The molecule has 2 aliphatic rings. The van der Waals surface area contributed by atoms with Crippen molar-refractivity contribution in [2.24, 2.45) is 5.92 Å². The van der Waals surface area contributed by atoms with E-state index in [1.165, 1.54) is 4.90 Å². The lowest BCUT2D eigenvalue weighted by molar-refractivity contribution is -0.148. The van der Waals surface area contributed by atoms with Crippen molar-refractivity contribution >= 4 is 28.8 Å². The minimum atomic E-state index is -1.20. The van der Waals surface area contributed by atoms with Crippen molar-refractivity contribution in [3.8, 4) is 0 Å². The van der Waals surface area contributed by atoms with Crippen molar-refractivity contribution in [1.29, 1.82) is 0 Å². The van der Waals surface area contributed by atoms with Gasteiger partial charge in [0.2, 0.25) is 0 Å². The molecule has 4 rings (SSSR count). The zero-order chi connectivity index (χ0) is 19.5. The van der Waals surface area contributed by atoms with E-state index in [4.69, 9.17) is 0 Å². The van der Waals surface area contributed by atoms with Crippen LogP contribution in [0, 0.1) is 5.92 Å². The number of hydrogen-bond donors (Lipinski definition) is 2. The highest BCUT2D eigenvalue weighted by atomic mass is 16.4. The number of carbonyl (C=O) groups excluding carboxylic acids is 2. The molecule has 3 heterocycles. The number of benzene rings is 1. The molecule has 3 amide bonds. The number of carboxylic acid groups (broad SMARTS) is 1. The van der Waals surface area contributed by atoms with Gasteiger partial charge in [-0.2, -0.15) is 0 Å². The molecule has 1 aromatic heterocycles. The first kappa shape index (κ1) is 17.6. The number of imide groups is 1. The van der Waals surface area contributed by atoms with Gasteiger partial charge in [0.1, 0.15) is 6.04 Å². The summed E-state index contributed by atoms with van der Waals surface area (Å²) in [4.78, 5) is 44.1. The highest BCUT2D eigenvalue weighted by Crippen LogP contribution is 2.44. The summed E-state index contributed by atoms with van der Waals surface area (Å²) in [5, 5.41) is 10.7. The molecule has 27 heavy (non-hydrogen) atoms. The molecule has 0 unspecified atom stereocenters. The number of urea groups is 1. The summed E-state index contributed by atoms with van der Waals surface area (Å²) in [5.41, 5.74) is 1.45. The highest BCUT2D eigenvalue weighted by Gasteiger charge is 2.60. The van der Waals surface area contributed by atoms with Gasteiger partial charge < -0.3 is 15.0 Å². The van der Waals surface area contributed by atoms with Crippen molar-refractivity contribution in [2.45, 2.75) is 45.2 Å². The van der Waals surface area contributed by atoms with Gasteiger partial charge in [-0.15, -0.1) is 0 Å². The molecule has 1 saturated heterocycles. The molecular formula is C20H23N3O4. The second-order valence-corrected chi connectivity index (χ2v) is 7.94. The van der Waals surface area contributed by atoms with Crippen LogP contribution in [0.25, 0.3) is 10.9 Å². The molecule has 1 fully saturated rings. The number of para-hydroxylation sites is 1. The predicted octanol–water partition coefficient (Wildman–Crippen LogP) is 2.70. The Balaban J connectivity index is 1.84. The standard InChI is InChI=1S/C20H23N3O4/c1-11(2)10-15(17(24)25)23-18(26)20(3)16-13(8-9-22(20)19(23)27)12-6-4-5-7-14(12)21-16/h4-7,11,15,21H,8-10H2,1-3H3,(H,24,25)/t15-,20+/m0/s1. The lowest BCUT2D eigenvalue weighted by Gasteiger charge is -2.36. The molecule has 0 aliphatic carbocycles. The number of amides is 3. The second-order valence-electron chi connectivity index (χ2n) is 7.94. The topological polar surface area (TPSA) is 93.7 Å². The first-order valence-corrected chi connectivity index (χ1v) is 9.25. The fraction of sp³-hybridized carbons (Fsp3) is 0.450. The Labute approximate surface area is 156 Å². The molecular weight excluding hydrogens is 346 g/mol. The van der Waals surface area contributed by atoms with Gasteiger partial charge in [0.15, 0.2) is 5.54 Å². The molecule has 0 saturated carbocycles. The van der Waals surface area contributed by atoms with Crippen LogP contribution in [0.1, 0.15) is 38.4 Å². The summed E-state index contributed by atoms with van der Waals surface area (Å²) in [6.07, 6.45) is 0.861. The number of aromatic nitrogens is 1. The Morgan fingerprint density at radius 1 is 1.30 bits per heavy atom. The zero-order valence-corrected chi connectivity index (χ0v) is 15.7. The summed E-state index contributed by atoms with van der Waals surface area (Å²) >= 11 is 0. The fourth-order valence-corrected chi connectivity index (χ4v) is 4.46. The van der Waals surface area contributed by atoms with Gasteiger partial charge in [0.25, 0.3) is 5.91 Å². The van der Waals surface area contributed by atoms with E-state index in [0.29, 0.717) is 18.7 Å². The Morgan fingerprint density at radius 2 is 2.00 bits per heavy atom. The molecule has 2 N–H and O–H groups in total. The summed E-state index contributed by atoms with van der Waals surface area (Å²) in [5.74, 6) is -1.57. The largest absolute Gasteiger partial charge is 0.480 e. The number of H-pyrrole nitrogens is 1. The third kappa shape index (κ3) is 2.30. The van der Waals surface area contributed by atoms with Gasteiger partial charge in [-0.25, -0.2) is 14.5 Å². The van der Waals surface area contributed by atoms with Gasteiger partial charge in [-0.1, -0.05) is 32.0 Å². The van der Waals surface area contributed by atoms with Gasteiger partial charge in [0, 0.05) is 17.4 Å². The van der Waals surface area contributed by atoms with Crippen molar-refractivity contribution in [2.75, 3.05) is 6.54 Å². The molecule has 2 aromatic rings. The Kier molecular flexibility index (Phi) is 3.80. The number of rotatable bonds is 4. The molecule has 7 heteroatoms. The second kappa shape index (κ2) is 5.84. The molecule has 0 radical (unpaired) electrons. The lowest BCUT2D eigenvalue weighted by Crippen LogP contribution is -2.49. The summed E-state index contributed by atoms with van der Waals surface area (Å²) in [7, 11) is 0. The average molecular weight is 369 g/mol. The zero-order valence-electron chi connectivity index (χ0n) is 15.7. The number of hydrogen-bond acceptors (Lipinski definition) is 3. The monoisotopic (exact) mass is 369 g/mol. The van der Waals surface area contributed by atoms with E-state index in [0.717, 1.165) is 21.4 Å². The maximum absolute atomic E-state index is 13.4. The smallest absolute Gasteiger partial charge is 0.328 e. The summed E-state index contributed by atoms with van der Waals surface area (Å²) in [6, 6.07) is 6.14. The van der Waals surface area contributed by atoms with Gasteiger partial charge in [-0.3, -0.25) is 4.79 Å². The van der Waals surface area contributed by atoms with Gasteiger partial charge in [-0.05, 0) is 37.3 Å². The minimum absolute atomic E-state index is 0.0424. The van der Waals surface area contributed by atoms with E-state index in [9.17, 15) is 19.5 Å². The number of fused-ring (bicyclic) bond motifs is 5. The van der Waals surface area contributed by atoms with Crippen molar-refractivity contribution in [1.82, 2.24) is 14.8 Å². The third-order valence-electron chi connectivity index (χ3n) is 5.79. The van der Waals surface area contributed by atoms with E-state index in [-0.39, 0.29) is 12.3 Å². The first-order valence-electron chi connectivity index (χ1n) is 9.25. The summed E-state index contributed by atoms with van der Waals surface area (Å²) in [6.45, 7) is 5.87. The molecule has 0 spiro atoms. The minimum Gasteiger partial charge on any atom is -0.480 e. The van der Waals surface area contributed by atoms with Gasteiger partial charge in [0.05, 0.1) is 5.69 Å². The quantitative estimate of drug-likeness (QED) is 0.810. The van der Waals surface area contributed by atoms with Gasteiger partial charge >= 0.3 is 12.0 Å². The molecule has 1 aromatic carbocycles. The van der Waals surface area contributed by atoms with E-state index in [1.807, 2.05) is 38.1 Å². The average Bonchev–Trinajstić information content (AvgIpc) is 3.08. The van der Waals surface area contributed by atoms with Crippen LogP contribution >= 0.6 is 0 Å². The van der Waals surface area contributed by atoms with Crippen molar-refractivity contribution < 1.29 is 19.5 Å². The van der Waals surface area contributed by atoms with E-state index in [2.05, 4.69) is 4.98 Å². The number of carboxylic acids is 1. The Hall–Kier alpha value is -2.83. The van der Waals surface area contributed by atoms with Crippen LogP contribution < -0.4 is 0 Å². The molecule has 2 atom stereocenters. The maximum Gasteiger partial charge on any atom is 0.328 e. The highest BCUT2D eigenvalue weighted by molar-refractivity contribution is 6.10. The molecule has 2 aliphatic heterocycles. The van der Waals surface area contributed by atoms with Crippen LogP contribution in [-0.2, 0) is 21.5 Å². The number of aromatic amines is 1. The number of aliphatic carboxylic acids is 1. The number of nitrogens with zero attached hydrogens (tertiary/aromatic N) is 2. The van der Waals surface area contributed by atoms with E-state index >= 15 is 0 Å². The van der Waals surface area contributed by atoms with Crippen LogP contribution in [0.2, 0.25) is 0 Å². The lowest BCUT2D eigenvalue weighted by atomic mass is 9.87. The van der Waals surface area contributed by atoms with Crippen LogP contribution in [-0.4, -0.2) is 50.4 Å². The van der Waals surface area contributed by atoms with Crippen molar-refractivity contribution in [3.63, 3.8) is 0 Å². The van der Waals surface area contributed by atoms with Crippen LogP contribution in [0.3, 0.4) is 0 Å². The fourth-order valence-electron chi connectivity index (χ4n) is 4.46. The van der Waals surface area contributed by atoms with Crippen LogP contribution in [0.4, 0.5) is 4.79 Å². The number of carbonyl (C=O) groups is 3. The Morgan fingerprint density at radius 3 is 2.67 bits per heavy atom. The van der Waals surface area contributed by atoms with Crippen LogP contribution in [0.15, 0.2) is 24.3 Å². The van der Waals surface area contributed by atoms with Crippen molar-refractivity contribution in [3.05, 3.63) is 35.5 Å². The predicted molar refractivity (Wildman–Crippen MR) is 99.2 cm³/mol. The summed E-state index contributed by atoms with van der Waals surface area (Å²) < 4.78 is 0. The third-order valence-corrected chi connectivity index (χ3v) is 5.79. The molecule has 0 bridgehead atoms.